The van der Waals surface area contributed by atoms with Crippen LogP contribution in [-0.2, 0) is 22.6 Å². The highest BCUT2D eigenvalue weighted by Crippen LogP contribution is 2.14. The molecule has 0 aliphatic carbocycles. The number of halogens is 1. The molecule has 2 aromatic rings. The zero-order chi connectivity index (χ0) is 22.1. The first-order chi connectivity index (χ1) is 14.1. The molecule has 0 bridgehead atoms. The number of carbonyl (C=O) groups is 2. The van der Waals surface area contributed by atoms with Gasteiger partial charge in [-0.15, -0.1) is 0 Å². The Balaban J connectivity index is 1.94. The van der Waals surface area contributed by atoms with Crippen LogP contribution in [0.25, 0.3) is 0 Å². The Morgan fingerprint density at radius 1 is 0.933 bits per heavy atom. The fourth-order valence-corrected chi connectivity index (χ4v) is 2.90. The van der Waals surface area contributed by atoms with Crippen molar-refractivity contribution in [2.75, 3.05) is 20.1 Å². The summed E-state index contributed by atoms with van der Waals surface area (Å²) < 4.78 is 18.6. The molecule has 162 valence electrons. The second-order valence-corrected chi connectivity index (χ2v) is 8.47. The molecule has 30 heavy (non-hydrogen) atoms. The molecule has 0 aliphatic heterocycles. The summed E-state index contributed by atoms with van der Waals surface area (Å²) >= 11 is 0. The number of amides is 1. The molecule has 0 heterocycles. The lowest BCUT2D eigenvalue weighted by Gasteiger charge is -2.27. The highest BCUT2D eigenvalue weighted by atomic mass is 19.1. The lowest BCUT2D eigenvalue weighted by atomic mass is 10.1. The maximum atomic E-state index is 13.2. The number of Topliss-reactive ketones (excluding diaryl/α,β-unsaturated/α-hetero) is 1. The van der Waals surface area contributed by atoms with Gasteiger partial charge < -0.3 is 9.64 Å². The van der Waals surface area contributed by atoms with E-state index in [0.29, 0.717) is 13.0 Å². The summed E-state index contributed by atoms with van der Waals surface area (Å²) in [6, 6.07) is 15.9. The van der Waals surface area contributed by atoms with Crippen LogP contribution >= 0.6 is 0 Å². The standard InChI is InChI=1S/C24H31FN2O3/c1-24(2,3)30-23(29)27(17-20-10-12-21(25)13-11-20)18-22(28)14-15-26(4)16-19-8-6-5-7-9-19/h5-13H,14-18H2,1-4H3. The van der Waals surface area contributed by atoms with Gasteiger partial charge in [0.15, 0.2) is 5.78 Å². The number of hydrogen-bond donors (Lipinski definition) is 0. The normalized spacial score (nSPS) is 11.4. The minimum Gasteiger partial charge on any atom is -0.444 e. The van der Waals surface area contributed by atoms with E-state index < -0.39 is 11.7 Å². The Hall–Kier alpha value is -2.73. The van der Waals surface area contributed by atoms with Gasteiger partial charge in [0.1, 0.15) is 11.4 Å². The average molecular weight is 415 g/mol. The van der Waals surface area contributed by atoms with Crippen molar-refractivity contribution in [1.82, 2.24) is 9.80 Å². The van der Waals surface area contributed by atoms with Crippen LogP contribution in [0.4, 0.5) is 9.18 Å². The molecule has 0 radical (unpaired) electrons. The number of rotatable bonds is 9. The molecule has 2 rings (SSSR count). The van der Waals surface area contributed by atoms with Gasteiger partial charge in [0.05, 0.1) is 6.54 Å². The van der Waals surface area contributed by atoms with Gasteiger partial charge in [0.25, 0.3) is 0 Å². The molecule has 1 amide bonds. The highest BCUT2D eigenvalue weighted by Gasteiger charge is 2.24. The molecule has 0 unspecified atom stereocenters. The van der Waals surface area contributed by atoms with Gasteiger partial charge in [-0.3, -0.25) is 9.69 Å². The van der Waals surface area contributed by atoms with E-state index in [-0.39, 0.29) is 24.7 Å². The van der Waals surface area contributed by atoms with Gasteiger partial charge in [0.2, 0.25) is 0 Å². The number of carbonyl (C=O) groups excluding carboxylic acids is 2. The van der Waals surface area contributed by atoms with Gasteiger partial charge in [0, 0.05) is 26.1 Å². The fraction of sp³-hybridized carbons (Fsp3) is 0.417. The Kier molecular flexibility index (Phi) is 8.54. The molecular weight excluding hydrogens is 383 g/mol. The van der Waals surface area contributed by atoms with Crippen molar-refractivity contribution < 1.29 is 18.7 Å². The van der Waals surface area contributed by atoms with Crippen molar-refractivity contribution >= 4 is 11.9 Å². The SMILES string of the molecule is CN(CCC(=O)CN(Cc1ccc(F)cc1)C(=O)OC(C)(C)C)Cc1ccccc1. The largest absolute Gasteiger partial charge is 0.444 e. The summed E-state index contributed by atoms with van der Waals surface area (Å²) in [7, 11) is 1.96. The summed E-state index contributed by atoms with van der Waals surface area (Å²) in [5.74, 6) is -0.400. The van der Waals surface area contributed by atoms with Crippen LogP contribution in [0, 0.1) is 5.82 Å². The van der Waals surface area contributed by atoms with E-state index in [2.05, 4.69) is 4.90 Å². The smallest absolute Gasteiger partial charge is 0.410 e. The van der Waals surface area contributed by atoms with Crippen molar-refractivity contribution in [2.45, 2.75) is 45.9 Å². The van der Waals surface area contributed by atoms with E-state index >= 15 is 0 Å². The molecule has 0 aliphatic rings. The first kappa shape index (κ1) is 23.5. The molecule has 0 aromatic heterocycles. The Morgan fingerprint density at radius 3 is 2.13 bits per heavy atom. The number of benzene rings is 2. The van der Waals surface area contributed by atoms with E-state index in [9.17, 15) is 14.0 Å². The highest BCUT2D eigenvalue weighted by molar-refractivity contribution is 5.84. The van der Waals surface area contributed by atoms with Gasteiger partial charge in [-0.1, -0.05) is 42.5 Å². The summed E-state index contributed by atoms with van der Waals surface area (Å²) in [5, 5.41) is 0. The molecule has 0 atom stereocenters. The predicted octanol–water partition coefficient (Wildman–Crippen LogP) is 4.65. The van der Waals surface area contributed by atoms with E-state index in [1.54, 1.807) is 32.9 Å². The van der Waals surface area contributed by atoms with Crippen molar-refractivity contribution in [1.29, 1.82) is 0 Å². The number of ether oxygens (including phenoxy) is 1. The number of nitrogens with zero attached hydrogens (tertiary/aromatic N) is 2. The van der Waals surface area contributed by atoms with Gasteiger partial charge in [-0.25, -0.2) is 9.18 Å². The van der Waals surface area contributed by atoms with Crippen LogP contribution in [0.5, 0.6) is 0 Å². The number of hydrogen-bond acceptors (Lipinski definition) is 4. The molecule has 0 saturated carbocycles. The summed E-state index contributed by atoms with van der Waals surface area (Å²) in [6.45, 7) is 6.81. The van der Waals surface area contributed by atoms with Crippen molar-refractivity contribution in [3.8, 4) is 0 Å². The Labute approximate surface area is 178 Å². The third kappa shape index (κ3) is 8.74. The Bertz CT molecular complexity index is 817. The first-order valence-electron chi connectivity index (χ1n) is 10.1. The molecular formula is C24H31FN2O3. The zero-order valence-electron chi connectivity index (χ0n) is 18.2. The quantitative estimate of drug-likeness (QED) is 0.599. The second-order valence-electron chi connectivity index (χ2n) is 8.47. The van der Waals surface area contributed by atoms with Crippen molar-refractivity contribution in [2.24, 2.45) is 0 Å². The predicted molar refractivity (Wildman–Crippen MR) is 115 cm³/mol. The molecule has 2 aromatic carbocycles. The van der Waals surface area contributed by atoms with Crippen LogP contribution < -0.4 is 0 Å². The van der Waals surface area contributed by atoms with E-state index in [1.165, 1.54) is 22.6 Å². The molecule has 0 spiro atoms. The van der Waals surface area contributed by atoms with Crippen molar-refractivity contribution in [3.63, 3.8) is 0 Å². The minimum absolute atomic E-state index is 0.0501. The molecule has 0 saturated heterocycles. The van der Waals surface area contributed by atoms with Crippen LogP contribution in [0.15, 0.2) is 54.6 Å². The molecule has 0 fully saturated rings. The lowest BCUT2D eigenvalue weighted by Crippen LogP contribution is -2.40. The minimum atomic E-state index is -0.670. The van der Waals surface area contributed by atoms with Crippen LogP contribution in [-0.4, -0.2) is 47.4 Å². The van der Waals surface area contributed by atoms with E-state index in [0.717, 1.165) is 12.1 Å². The first-order valence-corrected chi connectivity index (χ1v) is 10.1. The van der Waals surface area contributed by atoms with E-state index in [4.69, 9.17) is 4.74 Å². The molecule has 0 N–H and O–H groups in total. The van der Waals surface area contributed by atoms with Crippen LogP contribution in [0.2, 0.25) is 0 Å². The summed E-state index contributed by atoms with van der Waals surface area (Å²) in [6.07, 6.45) is -0.232. The summed E-state index contributed by atoms with van der Waals surface area (Å²) in [4.78, 5) is 28.6. The average Bonchev–Trinajstić information content (AvgIpc) is 2.67. The molecule has 6 heteroatoms. The monoisotopic (exact) mass is 414 g/mol. The molecule has 5 nitrogen and oxygen atoms in total. The maximum Gasteiger partial charge on any atom is 0.410 e. The van der Waals surface area contributed by atoms with Gasteiger partial charge in [-0.2, -0.15) is 0 Å². The third-order valence-electron chi connectivity index (χ3n) is 4.37. The van der Waals surface area contributed by atoms with E-state index in [1.807, 2.05) is 37.4 Å². The zero-order valence-corrected chi connectivity index (χ0v) is 18.2. The topological polar surface area (TPSA) is 49.9 Å². The lowest BCUT2D eigenvalue weighted by molar-refractivity contribution is -0.120. The van der Waals surface area contributed by atoms with Crippen molar-refractivity contribution in [3.05, 3.63) is 71.5 Å². The third-order valence-corrected chi connectivity index (χ3v) is 4.37. The fourth-order valence-electron chi connectivity index (χ4n) is 2.90. The number of ketones is 1. The Morgan fingerprint density at radius 2 is 1.53 bits per heavy atom. The van der Waals surface area contributed by atoms with Gasteiger partial charge >= 0.3 is 6.09 Å². The second kappa shape index (κ2) is 10.9. The van der Waals surface area contributed by atoms with Crippen LogP contribution in [0.3, 0.4) is 0 Å². The van der Waals surface area contributed by atoms with Gasteiger partial charge in [-0.05, 0) is 51.1 Å². The van der Waals surface area contributed by atoms with Crippen LogP contribution in [0.1, 0.15) is 38.3 Å². The maximum absolute atomic E-state index is 13.2. The summed E-state index contributed by atoms with van der Waals surface area (Å²) in [5.41, 5.74) is 1.24.